The van der Waals surface area contributed by atoms with Crippen molar-refractivity contribution in [3.63, 3.8) is 0 Å². The van der Waals surface area contributed by atoms with E-state index >= 15 is 0 Å². The van der Waals surface area contributed by atoms with E-state index in [-0.39, 0.29) is 18.2 Å². The maximum absolute atomic E-state index is 12.0. The lowest BCUT2D eigenvalue weighted by atomic mass is 9.88. The molecule has 0 spiro atoms. The topological polar surface area (TPSA) is 81.4 Å². The molecule has 0 aliphatic heterocycles. The van der Waals surface area contributed by atoms with E-state index in [1.807, 2.05) is 13.8 Å². The summed E-state index contributed by atoms with van der Waals surface area (Å²) in [5.74, 6) is -0.504. The minimum Gasteiger partial charge on any atom is -0.464 e. The number of nitrogens with one attached hydrogen (secondary N) is 1. The average molecular weight is 268 g/mol. The number of aryl methyl sites for hydroxylation is 1. The fourth-order valence-corrected chi connectivity index (χ4v) is 1.49. The summed E-state index contributed by atoms with van der Waals surface area (Å²) in [6.45, 7) is 9.00. The summed E-state index contributed by atoms with van der Waals surface area (Å²) in [5.41, 5.74) is -0.950. The molecule has 1 amide bonds. The normalized spacial score (nSPS) is 14.0. The quantitative estimate of drug-likeness (QED) is 0.822. The average Bonchev–Trinajstić information content (AvgIpc) is 2.75. The maximum Gasteiger partial charge on any atom is 0.331 e. The van der Waals surface area contributed by atoms with Gasteiger partial charge in [0.2, 0.25) is 0 Å². The Kier molecular flexibility index (Phi) is 4.69. The summed E-state index contributed by atoms with van der Waals surface area (Å²) in [5, 5.41) is 6.30. The molecule has 1 rings (SSSR count). The molecule has 1 aromatic rings. The number of hydrogen-bond donors (Lipinski definition) is 1. The fourth-order valence-electron chi connectivity index (χ4n) is 1.49. The standard InChI is InChI=1S/C13H20N2O4/c1-6-18-12(17)13(5,8(2)3)14-11(16)10-7-9(4)19-15-10/h7-8H,6H2,1-5H3,(H,14,16)/t13-/m1/s1. The van der Waals surface area contributed by atoms with E-state index in [9.17, 15) is 9.59 Å². The van der Waals surface area contributed by atoms with Gasteiger partial charge in [-0.15, -0.1) is 0 Å². The number of ether oxygens (including phenoxy) is 1. The van der Waals surface area contributed by atoms with Crippen LogP contribution in [0.3, 0.4) is 0 Å². The van der Waals surface area contributed by atoms with Gasteiger partial charge < -0.3 is 14.6 Å². The van der Waals surface area contributed by atoms with Crippen LogP contribution in [-0.2, 0) is 9.53 Å². The third-order valence-electron chi connectivity index (χ3n) is 3.09. The number of carbonyl (C=O) groups is 2. The van der Waals surface area contributed by atoms with Crippen LogP contribution in [0.2, 0.25) is 0 Å². The molecule has 1 N–H and O–H groups in total. The zero-order chi connectivity index (χ0) is 14.6. The second-order valence-electron chi connectivity index (χ2n) is 4.85. The molecule has 0 aromatic carbocycles. The number of carbonyl (C=O) groups excluding carboxylic acids is 2. The highest BCUT2D eigenvalue weighted by atomic mass is 16.5. The van der Waals surface area contributed by atoms with E-state index in [1.54, 1.807) is 20.8 Å². The van der Waals surface area contributed by atoms with Crippen molar-refractivity contribution in [3.05, 3.63) is 17.5 Å². The molecule has 1 heterocycles. The first-order valence-corrected chi connectivity index (χ1v) is 6.24. The lowest BCUT2D eigenvalue weighted by molar-refractivity contribution is -0.152. The van der Waals surface area contributed by atoms with Crippen molar-refractivity contribution in [2.75, 3.05) is 6.61 Å². The van der Waals surface area contributed by atoms with Crippen molar-refractivity contribution in [1.82, 2.24) is 10.5 Å². The third-order valence-corrected chi connectivity index (χ3v) is 3.09. The van der Waals surface area contributed by atoms with Crippen molar-refractivity contribution in [1.29, 1.82) is 0 Å². The van der Waals surface area contributed by atoms with E-state index < -0.39 is 17.4 Å². The van der Waals surface area contributed by atoms with Crippen LogP contribution in [0.15, 0.2) is 10.6 Å². The van der Waals surface area contributed by atoms with Crippen LogP contribution >= 0.6 is 0 Å². The minimum absolute atomic E-state index is 0.122. The van der Waals surface area contributed by atoms with Gasteiger partial charge in [0.05, 0.1) is 6.61 Å². The molecule has 6 heteroatoms. The van der Waals surface area contributed by atoms with Crippen molar-refractivity contribution in [2.45, 2.75) is 40.2 Å². The lowest BCUT2D eigenvalue weighted by Gasteiger charge is -2.31. The van der Waals surface area contributed by atoms with E-state index in [2.05, 4.69) is 10.5 Å². The number of rotatable bonds is 5. The lowest BCUT2D eigenvalue weighted by Crippen LogP contribution is -2.56. The number of nitrogens with zero attached hydrogens (tertiary/aromatic N) is 1. The van der Waals surface area contributed by atoms with Gasteiger partial charge in [0, 0.05) is 6.07 Å². The zero-order valence-corrected chi connectivity index (χ0v) is 11.9. The Morgan fingerprint density at radius 3 is 2.58 bits per heavy atom. The van der Waals surface area contributed by atoms with Gasteiger partial charge in [-0.3, -0.25) is 4.79 Å². The molecule has 0 bridgehead atoms. The van der Waals surface area contributed by atoms with Gasteiger partial charge in [-0.25, -0.2) is 4.79 Å². The van der Waals surface area contributed by atoms with Gasteiger partial charge in [-0.1, -0.05) is 19.0 Å². The Morgan fingerprint density at radius 1 is 1.53 bits per heavy atom. The predicted octanol–water partition coefficient (Wildman–Crippen LogP) is 1.69. The van der Waals surface area contributed by atoms with E-state index in [0.717, 1.165) is 0 Å². The minimum atomic E-state index is -1.10. The highest BCUT2D eigenvalue weighted by Crippen LogP contribution is 2.19. The Bertz CT molecular complexity index is 467. The molecule has 0 unspecified atom stereocenters. The van der Waals surface area contributed by atoms with E-state index in [4.69, 9.17) is 9.26 Å². The van der Waals surface area contributed by atoms with Crippen LogP contribution in [-0.4, -0.2) is 29.2 Å². The van der Waals surface area contributed by atoms with Crippen molar-refractivity contribution >= 4 is 11.9 Å². The molecule has 1 aromatic heterocycles. The van der Waals surface area contributed by atoms with Crippen LogP contribution in [0.4, 0.5) is 0 Å². The van der Waals surface area contributed by atoms with Crippen LogP contribution in [0.1, 0.15) is 43.9 Å². The maximum atomic E-state index is 12.0. The van der Waals surface area contributed by atoms with Crippen LogP contribution in [0, 0.1) is 12.8 Å². The van der Waals surface area contributed by atoms with Crippen LogP contribution < -0.4 is 5.32 Å². The summed E-state index contributed by atoms with van der Waals surface area (Å²) in [4.78, 5) is 24.0. The molecule has 0 saturated carbocycles. The predicted molar refractivity (Wildman–Crippen MR) is 68.6 cm³/mol. The highest BCUT2D eigenvalue weighted by molar-refractivity contribution is 5.96. The molecular formula is C13H20N2O4. The number of aromatic nitrogens is 1. The van der Waals surface area contributed by atoms with Gasteiger partial charge in [0.25, 0.3) is 5.91 Å². The second-order valence-corrected chi connectivity index (χ2v) is 4.85. The molecule has 0 aliphatic rings. The monoisotopic (exact) mass is 268 g/mol. The van der Waals surface area contributed by atoms with Crippen molar-refractivity contribution < 1.29 is 18.8 Å². The molecule has 0 radical (unpaired) electrons. The Morgan fingerprint density at radius 2 is 2.16 bits per heavy atom. The summed E-state index contributed by atoms with van der Waals surface area (Å²) in [7, 11) is 0. The van der Waals surface area contributed by atoms with Gasteiger partial charge in [-0.2, -0.15) is 0 Å². The van der Waals surface area contributed by atoms with E-state index in [0.29, 0.717) is 5.76 Å². The molecular weight excluding hydrogens is 248 g/mol. The largest absolute Gasteiger partial charge is 0.464 e. The first-order chi connectivity index (χ1) is 8.81. The molecule has 6 nitrogen and oxygen atoms in total. The molecule has 0 fully saturated rings. The molecule has 106 valence electrons. The number of esters is 1. The van der Waals surface area contributed by atoms with Gasteiger partial charge in [0.1, 0.15) is 11.3 Å². The van der Waals surface area contributed by atoms with Gasteiger partial charge in [-0.05, 0) is 26.7 Å². The molecule has 1 atom stereocenters. The summed E-state index contributed by atoms with van der Waals surface area (Å²) < 4.78 is 9.85. The molecule has 19 heavy (non-hydrogen) atoms. The highest BCUT2D eigenvalue weighted by Gasteiger charge is 2.40. The Labute approximate surface area is 112 Å². The van der Waals surface area contributed by atoms with E-state index in [1.165, 1.54) is 6.07 Å². The Balaban J connectivity index is 2.90. The number of amides is 1. The fraction of sp³-hybridized carbons (Fsp3) is 0.615. The first-order valence-electron chi connectivity index (χ1n) is 6.24. The summed E-state index contributed by atoms with van der Waals surface area (Å²) in [6, 6.07) is 1.52. The summed E-state index contributed by atoms with van der Waals surface area (Å²) >= 11 is 0. The van der Waals surface area contributed by atoms with Crippen molar-refractivity contribution in [3.8, 4) is 0 Å². The SMILES string of the molecule is CCOC(=O)[C@](C)(NC(=O)c1cc(C)on1)C(C)C. The van der Waals surface area contributed by atoms with Crippen molar-refractivity contribution in [2.24, 2.45) is 5.92 Å². The van der Waals surface area contributed by atoms with Gasteiger partial charge >= 0.3 is 5.97 Å². The number of hydrogen-bond acceptors (Lipinski definition) is 5. The Hall–Kier alpha value is -1.85. The molecule has 0 aliphatic carbocycles. The van der Waals surface area contributed by atoms with Crippen LogP contribution in [0.25, 0.3) is 0 Å². The second kappa shape index (κ2) is 5.86. The van der Waals surface area contributed by atoms with Gasteiger partial charge in [0.15, 0.2) is 5.69 Å². The smallest absolute Gasteiger partial charge is 0.331 e. The zero-order valence-electron chi connectivity index (χ0n) is 11.9. The molecule has 0 saturated heterocycles. The summed E-state index contributed by atoms with van der Waals surface area (Å²) in [6.07, 6.45) is 0. The third kappa shape index (κ3) is 3.33. The first kappa shape index (κ1) is 15.2. The van der Waals surface area contributed by atoms with Crippen LogP contribution in [0.5, 0.6) is 0 Å².